The average molecular weight is 176 g/mol. The third-order valence-electron chi connectivity index (χ3n) is 1.44. The van der Waals surface area contributed by atoms with Gasteiger partial charge >= 0.3 is 5.97 Å². The summed E-state index contributed by atoms with van der Waals surface area (Å²) in [5, 5.41) is 0. The van der Waals surface area contributed by atoms with E-state index in [0.717, 1.165) is 12.2 Å². The molecule has 0 rings (SSSR count). The maximum atomic E-state index is 11.0. The van der Waals surface area contributed by atoms with E-state index in [9.17, 15) is 4.79 Å². The Morgan fingerprint density at radius 2 is 2.27 bits per heavy atom. The highest BCUT2D eigenvalue weighted by atomic mass is 32.2. The van der Waals surface area contributed by atoms with Gasteiger partial charge in [0.25, 0.3) is 0 Å². The standard InChI is InChI=1S/C8H16O2S/c1-4-10-8(9)7(2)5-6-11-3/h7H,4-6H2,1-3H3. The maximum absolute atomic E-state index is 11.0. The minimum absolute atomic E-state index is 0.0578. The highest BCUT2D eigenvalue weighted by Crippen LogP contribution is 2.08. The normalized spacial score (nSPS) is 12.6. The van der Waals surface area contributed by atoms with Gasteiger partial charge in [-0.25, -0.2) is 0 Å². The third-order valence-corrected chi connectivity index (χ3v) is 2.09. The molecular weight excluding hydrogens is 160 g/mol. The molecular formula is C8H16O2S. The smallest absolute Gasteiger partial charge is 0.308 e. The van der Waals surface area contributed by atoms with Crippen molar-refractivity contribution in [2.75, 3.05) is 18.6 Å². The molecule has 0 bridgehead atoms. The number of rotatable bonds is 5. The molecule has 1 atom stereocenters. The molecule has 0 heterocycles. The van der Waals surface area contributed by atoms with Gasteiger partial charge < -0.3 is 4.74 Å². The van der Waals surface area contributed by atoms with E-state index in [-0.39, 0.29) is 11.9 Å². The lowest BCUT2D eigenvalue weighted by molar-refractivity contribution is -0.147. The highest BCUT2D eigenvalue weighted by Gasteiger charge is 2.12. The van der Waals surface area contributed by atoms with Crippen molar-refractivity contribution in [2.45, 2.75) is 20.3 Å². The summed E-state index contributed by atoms with van der Waals surface area (Å²) in [6.45, 7) is 4.23. The van der Waals surface area contributed by atoms with Gasteiger partial charge in [0.2, 0.25) is 0 Å². The quantitative estimate of drug-likeness (QED) is 0.599. The van der Waals surface area contributed by atoms with Crippen molar-refractivity contribution in [2.24, 2.45) is 5.92 Å². The predicted octanol–water partition coefficient (Wildman–Crippen LogP) is 1.94. The van der Waals surface area contributed by atoms with Crippen LogP contribution in [0.1, 0.15) is 20.3 Å². The number of hydrogen-bond acceptors (Lipinski definition) is 3. The Morgan fingerprint density at radius 3 is 2.73 bits per heavy atom. The van der Waals surface area contributed by atoms with Crippen LogP contribution in [0.15, 0.2) is 0 Å². The summed E-state index contributed by atoms with van der Waals surface area (Å²) in [5.74, 6) is 1.02. The molecule has 0 spiro atoms. The number of carbonyl (C=O) groups excluding carboxylic acids is 1. The van der Waals surface area contributed by atoms with Crippen molar-refractivity contribution >= 4 is 17.7 Å². The first-order valence-corrected chi connectivity index (χ1v) is 5.27. The summed E-state index contributed by atoms with van der Waals surface area (Å²) >= 11 is 1.76. The van der Waals surface area contributed by atoms with Crippen LogP contribution in [-0.4, -0.2) is 24.6 Å². The van der Waals surface area contributed by atoms with Crippen LogP contribution in [0, 0.1) is 5.92 Å². The first kappa shape index (κ1) is 10.8. The summed E-state index contributed by atoms with van der Waals surface area (Å²) in [4.78, 5) is 11.0. The molecule has 0 saturated carbocycles. The Bertz CT molecular complexity index is 115. The SMILES string of the molecule is CCOC(=O)C(C)CCSC. The fourth-order valence-electron chi connectivity index (χ4n) is 0.697. The first-order valence-electron chi connectivity index (χ1n) is 3.88. The molecule has 66 valence electrons. The van der Waals surface area contributed by atoms with E-state index in [2.05, 4.69) is 0 Å². The topological polar surface area (TPSA) is 26.3 Å². The van der Waals surface area contributed by atoms with Gasteiger partial charge in [0, 0.05) is 0 Å². The zero-order valence-corrected chi connectivity index (χ0v) is 8.24. The van der Waals surface area contributed by atoms with Crippen molar-refractivity contribution in [3.05, 3.63) is 0 Å². The number of ether oxygens (including phenoxy) is 1. The van der Waals surface area contributed by atoms with Crippen LogP contribution >= 0.6 is 11.8 Å². The lowest BCUT2D eigenvalue weighted by Gasteiger charge is -2.08. The van der Waals surface area contributed by atoms with Gasteiger partial charge in [0.05, 0.1) is 12.5 Å². The highest BCUT2D eigenvalue weighted by molar-refractivity contribution is 7.98. The molecule has 0 N–H and O–H groups in total. The summed E-state index contributed by atoms with van der Waals surface area (Å²) in [6.07, 6.45) is 2.96. The molecule has 0 radical (unpaired) electrons. The number of hydrogen-bond donors (Lipinski definition) is 0. The van der Waals surface area contributed by atoms with E-state index in [1.54, 1.807) is 11.8 Å². The largest absolute Gasteiger partial charge is 0.466 e. The van der Waals surface area contributed by atoms with Gasteiger partial charge in [-0.3, -0.25) is 4.79 Å². The van der Waals surface area contributed by atoms with Crippen LogP contribution in [0.5, 0.6) is 0 Å². The Balaban J connectivity index is 3.46. The summed E-state index contributed by atoms with van der Waals surface area (Å²) in [6, 6.07) is 0. The second kappa shape index (κ2) is 6.53. The lowest BCUT2D eigenvalue weighted by Crippen LogP contribution is -2.15. The van der Waals surface area contributed by atoms with Crippen molar-refractivity contribution in [1.29, 1.82) is 0 Å². The van der Waals surface area contributed by atoms with E-state index < -0.39 is 0 Å². The van der Waals surface area contributed by atoms with Gasteiger partial charge in [-0.15, -0.1) is 0 Å². The van der Waals surface area contributed by atoms with Crippen LogP contribution in [0.2, 0.25) is 0 Å². The average Bonchev–Trinajstić information content (AvgIpc) is 2.00. The van der Waals surface area contributed by atoms with Crippen molar-refractivity contribution in [1.82, 2.24) is 0 Å². The third kappa shape index (κ3) is 5.13. The summed E-state index contributed by atoms with van der Waals surface area (Å²) in [5.41, 5.74) is 0. The van der Waals surface area contributed by atoms with E-state index in [0.29, 0.717) is 6.61 Å². The number of esters is 1. The van der Waals surface area contributed by atoms with E-state index >= 15 is 0 Å². The summed E-state index contributed by atoms with van der Waals surface area (Å²) < 4.78 is 4.85. The van der Waals surface area contributed by atoms with E-state index in [1.807, 2.05) is 20.1 Å². The second-order valence-corrected chi connectivity index (χ2v) is 3.42. The minimum Gasteiger partial charge on any atom is -0.466 e. The molecule has 0 aromatic rings. The summed E-state index contributed by atoms with van der Waals surface area (Å²) in [7, 11) is 0. The minimum atomic E-state index is -0.0680. The van der Waals surface area contributed by atoms with Gasteiger partial charge in [-0.1, -0.05) is 6.92 Å². The van der Waals surface area contributed by atoms with Crippen molar-refractivity contribution in [3.63, 3.8) is 0 Å². The Hall–Kier alpha value is -0.180. The van der Waals surface area contributed by atoms with Crippen LogP contribution in [-0.2, 0) is 9.53 Å². The van der Waals surface area contributed by atoms with Crippen molar-refractivity contribution in [3.8, 4) is 0 Å². The Labute approximate surface area is 72.7 Å². The van der Waals surface area contributed by atoms with E-state index in [4.69, 9.17) is 4.74 Å². The second-order valence-electron chi connectivity index (χ2n) is 2.43. The molecule has 0 aromatic carbocycles. The molecule has 11 heavy (non-hydrogen) atoms. The molecule has 0 amide bonds. The number of carbonyl (C=O) groups is 1. The molecule has 0 aliphatic carbocycles. The zero-order chi connectivity index (χ0) is 8.69. The Morgan fingerprint density at radius 1 is 1.64 bits per heavy atom. The molecule has 0 aromatic heterocycles. The fraction of sp³-hybridized carbons (Fsp3) is 0.875. The predicted molar refractivity (Wildman–Crippen MR) is 48.8 cm³/mol. The first-order chi connectivity index (χ1) is 5.22. The van der Waals surface area contributed by atoms with Gasteiger partial charge in [-0.05, 0) is 25.4 Å². The zero-order valence-electron chi connectivity index (χ0n) is 7.42. The Kier molecular flexibility index (Phi) is 6.42. The lowest BCUT2D eigenvalue weighted by atomic mass is 10.1. The van der Waals surface area contributed by atoms with Gasteiger partial charge in [0.15, 0.2) is 0 Å². The molecule has 1 unspecified atom stereocenters. The van der Waals surface area contributed by atoms with Crippen molar-refractivity contribution < 1.29 is 9.53 Å². The monoisotopic (exact) mass is 176 g/mol. The molecule has 0 fully saturated rings. The van der Waals surface area contributed by atoms with Crippen LogP contribution in [0.25, 0.3) is 0 Å². The molecule has 0 aliphatic rings. The fourth-order valence-corrected chi connectivity index (χ4v) is 1.29. The van der Waals surface area contributed by atoms with Crippen LogP contribution < -0.4 is 0 Å². The van der Waals surface area contributed by atoms with Gasteiger partial charge in [-0.2, -0.15) is 11.8 Å². The molecule has 0 saturated heterocycles. The van der Waals surface area contributed by atoms with E-state index in [1.165, 1.54) is 0 Å². The van der Waals surface area contributed by atoms with Gasteiger partial charge in [0.1, 0.15) is 0 Å². The van der Waals surface area contributed by atoms with Crippen LogP contribution in [0.4, 0.5) is 0 Å². The maximum Gasteiger partial charge on any atom is 0.308 e. The number of thioether (sulfide) groups is 1. The molecule has 0 aliphatic heterocycles. The van der Waals surface area contributed by atoms with Crippen LogP contribution in [0.3, 0.4) is 0 Å². The molecule has 3 heteroatoms. The molecule has 2 nitrogen and oxygen atoms in total.